The predicted molar refractivity (Wildman–Crippen MR) is 92.7 cm³/mol. The number of hydrogen-bond donors (Lipinski definition) is 1. The summed E-state index contributed by atoms with van der Waals surface area (Å²) in [6, 6.07) is 10.1. The van der Waals surface area contributed by atoms with Crippen LogP contribution in [0.4, 0.5) is 5.69 Å². The Morgan fingerprint density at radius 3 is 2.73 bits per heavy atom. The lowest BCUT2D eigenvalue weighted by Gasteiger charge is -2.19. The van der Waals surface area contributed by atoms with Crippen LogP contribution in [0.5, 0.6) is 0 Å². The Morgan fingerprint density at radius 1 is 1.32 bits per heavy atom. The Kier molecular flexibility index (Phi) is 5.95. The van der Waals surface area contributed by atoms with E-state index in [1.165, 1.54) is 0 Å². The molecule has 0 bridgehead atoms. The number of nitrogens with one attached hydrogen (secondary N) is 1. The average molecular weight is 317 g/mol. The highest BCUT2D eigenvalue weighted by Gasteiger charge is 2.11. The maximum absolute atomic E-state index is 12.1. The minimum absolute atomic E-state index is 0.0901. The number of carbonyl (C=O) groups excluding carboxylic acids is 1. The van der Waals surface area contributed by atoms with Crippen molar-refractivity contribution in [3.63, 3.8) is 0 Å². The van der Waals surface area contributed by atoms with E-state index in [0.717, 1.165) is 23.7 Å². The van der Waals surface area contributed by atoms with Crippen molar-refractivity contribution in [2.75, 3.05) is 25.0 Å². The van der Waals surface area contributed by atoms with E-state index in [-0.39, 0.29) is 5.91 Å². The highest BCUT2D eigenvalue weighted by atomic mass is 32.1. The largest absolute Gasteiger partial charge is 0.373 e. The molecule has 2 aromatic rings. The first-order valence-electron chi connectivity index (χ1n) is 7.55. The Balaban J connectivity index is 1.79. The third-order valence-corrected chi connectivity index (χ3v) is 4.17. The first-order chi connectivity index (χ1) is 10.6. The molecule has 22 heavy (non-hydrogen) atoms. The molecular formula is C17H23N3OS. The van der Waals surface area contributed by atoms with Crippen molar-refractivity contribution in [1.29, 1.82) is 0 Å². The Bertz CT molecular complexity index is 595. The van der Waals surface area contributed by atoms with E-state index in [0.29, 0.717) is 18.2 Å². The van der Waals surface area contributed by atoms with Crippen molar-refractivity contribution in [2.24, 2.45) is 5.92 Å². The van der Waals surface area contributed by atoms with Crippen LogP contribution in [0.1, 0.15) is 29.3 Å². The van der Waals surface area contributed by atoms with Crippen molar-refractivity contribution < 1.29 is 4.79 Å². The molecule has 1 aromatic heterocycles. The highest BCUT2D eigenvalue weighted by Crippen LogP contribution is 2.14. The van der Waals surface area contributed by atoms with Crippen molar-refractivity contribution in [2.45, 2.75) is 20.3 Å². The number of nitrogens with zero attached hydrogens (tertiary/aromatic N) is 2. The molecule has 0 unspecified atom stereocenters. The number of thiazole rings is 1. The predicted octanol–water partition coefficient (Wildman–Crippen LogP) is 3.21. The molecule has 1 N–H and O–H groups in total. The molecule has 1 heterocycles. The van der Waals surface area contributed by atoms with Crippen molar-refractivity contribution in [3.05, 3.63) is 46.4 Å². The van der Waals surface area contributed by atoms with Gasteiger partial charge in [-0.05, 0) is 18.1 Å². The smallest absolute Gasteiger partial charge is 0.270 e. The second-order valence-electron chi connectivity index (χ2n) is 5.74. The molecule has 2 rings (SSSR count). The van der Waals surface area contributed by atoms with Crippen LogP contribution in [-0.4, -0.2) is 31.0 Å². The van der Waals surface area contributed by atoms with Gasteiger partial charge in [0.2, 0.25) is 0 Å². The van der Waals surface area contributed by atoms with Crippen LogP contribution in [0.15, 0.2) is 35.7 Å². The third kappa shape index (κ3) is 4.84. The number of aromatic nitrogens is 1. The lowest BCUT2D eigenvalue weighted by molar-refractivity contribution is 0.0950. The standard InChI is InChI=1S/C17H23N3OS/c1-13(2)11-16-19-15(12-22-16)17(21)18-9-10-20(3)14-7-5-4-6-8-14/h4-8,12-13H,9-11H2,1-3H3,(H,18,21). The van der Waals surface area contributed by atoms with Gasteiger partial charge in [0.05, 0.1) is 5.01 Å². The molecule has 0 aliphatic heterocycles. The molecule has 0 saturated carbocycles. The second kappa shape index (κ2) is 7.94. The monoisotopic (exact) mass is 317 g/mol. The molecule has 1 aromatic carbocycles. The Morgan fingerprint density at radius 2 is 2.05 bits per heavy atom. The summed E-state index contributed by atoms with van der Waals surface area (Å²) >= 11 is 1.56. The van der Waals surface area contributed by atoms with Gasteiger partial charge in [-0.2, -0.15) is 0 Å². The molecule has 5 heteroatoms. The normalized spacial score (nSPS) is 10.7. The van der Waals surface area contributed by atoms with Gasteiger partial charge in [-0.3, -0.25) is 4.79 Å². The summed E-state index contributed by atoms with van der Waals surface area (Å²) in [5, 5.41) is 5.80. The van der Waals surface area contributed by atoms with Gasteiger partial charge in [0.25, 0.3) is 5.91 Å². The van der Waals surface area contributed by atoms with Gasteiger partial charge in [-0.1, -0.05) is 32.0 Å². The van der Waals surface area contributed by atoms with Gasteiger partial charge < -0.3 is 10.2 Å². The summed E-state index contributed by atoms with van der Waals surface area (Å²) in [7, 11) is 2.02. The highest BCUT2D eigenvalue weighted by molar-refractivity contribution is 7.09. The topological polar surface area (TPSA) is 45.2 Å². The lowest BCUT2D eigenvalue weighted by atomic mass is 10.1. The quantitative estimate of drug-likeness (QED) is 0.853. The van der Waals surface area contributed by atoms with Crippen molar-refractivity contribution in [3.8, 4) is 0 Å². The number of likely N-dealkylation sites (N-methyl/N-ethyl adjacent to an activating group) is 1. The number of anilines is 1. The number of benzene rings is 1. The molecule has 1 amide bonds. The fraction of sp³-hybridized carbons (Fsp3) is 0.412. The average Bonchev–Trinajstić information content (AvgIpc) is 2.95. The molecular weight excluding hydrogens is 294 g/mol. The summed E-state index contributed by atoms with van der Waals surface area (Å²) in [4.78, 5) is 18.6. The maximum atomic E-state index is 12.1. The van der Waals surface area contributed by atoms with Gasteiger partial charge in [0, 0.05) is 37.6 Å². The summed E-state index contributed by atoms with van der Waals surface area (Å²) in [5.74, 6) is 0.467. The zero-order valence-corrected chi connectivity index (χ0v) is 14.2. The summed E-state index contributed by atoms with van der Waals surface area (Å²) < 4.78 is 0. The number of carbonyl (C=O) groups is 1. The summed E-state index contributed by atoms with van der Waals surface area (Å²) in [6.07, 6.45) is 0.925. The molecule has 0 saturated heterocycles. The van der Waals surface area contributed by atoms with Crippen LogP contribution in [0, 0.1) is 5.92 Å². The maximum Gasteiger partial charge on any atom is 0.270 e. The zero-order chi connectivity index (χ0) is 15.9. The van der Waals surface area contributed by atoms with E-state index in [2.05, 4.69) is 41.2 Å². The number of amides is 1. The molecule has 0 radical (unpaired) electrons. The lowest BCUT2D eigenvalue weighted by Crippen LogP contribution is -2.33. The van der Waals surface area contributed by atoms with Crippen LogP contribution in [0.3, 0.4) is 0 Å². The van der Waals surface area contributed by atoms with Crippen LogP contribution in [0.2, 0.25) is 0 Å². The minimum Gasteiger partial charge on any atom is -0.373 e. The van der Waals surface area contributed by atoms with Gasteiger partial charge in [-0.25, -0.2) is 4.98 Å². The van der Waals surface area contributed by atoms with Gasteiger partial charge in [0.15, 0.2) is 0 Å². The summed E-state index contributed by atoms with van der Waals surface area (Å²) in [5.41, 5.74) is 1.67. The van der Waals surface area contributed by atoms with Crippen LogP contribution in [0.25, 0.3) is 0 Å². The van der Waals surface area contributed by atoms with Crippen molar-refractivity contribution in [1.82, 2.24) is 10.3 Å². The molecule has 0 atom stereocenters. The molecule has 0 fully saturated rings. The van der Waals surface area contributed by atoms with E-state index in [9.17, 15) is 4.79 Å². The van der Waals surface area contributed by atoms with Crippen molar-refractivity contribution >= 4 is 22.9 Å². The molecule has 0 aliphatic carbocycles. The first-order valence-corrected chi connectivity index (χ1v) is 8.43. The van der Waals surface area contributed by atoms with Crippen LogP contribution >= 0.6 is 11.3 Å². The zero-order valence-electron chi connectivity index (χ0n) is 13.4. The molecule has 0 aliphatic rings. The van der Waals surface area contributed by atoms with Gasteiger partial charge >= 0.3 is 0 Å². The second-order valence-corrected chi connectivity index (χ2v) is 6.68. The minimum atomic E-state index is -0.0901. The van der Waals surface area contributed by atoms with E-state index in [1.807, 2.05) is 30.6 Å². The fourth-order valence-corrected chi connectivity index (χ4v) is 3.09. The third-order valence-electron chi connectivity index (χ3n) is 3.30. The fourth-order valence-electron chi connectivity index (χ4n) is 2.10. The van der Waals surface area contributed by atoms with E-state index < -0.39 is 0 Å². The van der Waals surface area contributed by atoms with E-state index >= 15 is 0 Å². The van der Waals surface area contributed by atoms with E-state index in [4.69, 9.17) is 0 Å². The number of rotatable bonds is 7. The number of hydrogen-bond acceptors (Lipinski definition) is 4. The Hall–Kier alpha value is -1.88. The number of para-hydroxylation sites is 1. The Labute approximate surface area is 136 Å². The SMILES string of the molecule is CC(C)Cc1nc(C(=O)NCCN(C)c2ccccc2)cs1. The van der Waals surface area contributed by atoms with Gasteiger partial charge in [-0.15, -0.1) is 11.3 Å². The summed E-state index contributed by atoms with van der Waals surface area (Å²) in [6.45, 7) is 5.67. The molecule has 4 nitrogen and oxygen atoms in total. The van der Waals surface area contributed by atoms with Crippen LogP contribution < -0.4 is 10.2 Å². The van der Waals surface area contributed by atoms with Crippen LogP contribution in [-0.2, 0) is 6.42 Å². The molecule has 0 spiro atoms. The first kappa shape index (κ1) is 16.5. The van der Waals surface area contributed by atoms with E-state index in [1.54, 1.807) is 11.3 Å². The molecule has 118 valence electrons. The van der Waals surface area contributed by atoms with Gasteiger partial charge in [0.1, 0.15) is 5.69 Å².